The first-order valence-electron chi connectivity index (χ1n) is 4.76. The number of hydrogen-bond acceptors (Lipinski definition) is 4. The van der Waals surface area contributed by atoms with Crippen molar-refractivity contribution in [3.63, 3.8) is 0 Å². The summed E-state index contributed by atoms with van der Waals surface area (Å²) >= 11 is 0. The Kier molecular flexibility index (Phi) is 4.27. The number of carbonyl (C=O) groups is 1. The molecule has 82 valence electrons. The number of carbonyl (C=O) groups excluding carboxylic acids is 1. The fraction of sp³-hybridized carbons (Fsp3) is 0.364. The quantitative estimate of drug-likeness (QED) is 0.721. The van der Waals surface area contributed by atoms with Gasteiger partial charge in [-0.25, -0.2) is 4.79 Å². The fourth-order valence-corrected chi connectivity index (χ4v) is 1.40. The molecule has 0 saturated heterocycles. The molecule has 4 nitrogen and oxygen atoms in total. The van der Waals surface area contributed by atoms with Gasteiger partial charge in [-0.05, 0) is 24.6 Å². The number of esters is 1. The molecule has 0 fully saturated rings. The lowest BCUT2D eigenvalue weighted by molar-refractivity contribution is 0.0592. The Hall–Kier alpha value is -1.39. The Bertz CT molecular complexity index is 338. The summed E-state index contributed by atoms with van der Waals surface area (Å²) in [6, 6.07) is 6.82. The second kappa shape index (κ2) is 5.48. The van der Waals surface area contributed by atoms with E-state index >= 15 is 0 Å². The van der Waals surface area contributed by atoms with E-state index in [-0.39, 0.29) is 0 Å². The number of ether oxygens (including phenoxy) is 1. The first kappa shape index (κ1) is 11.7. The number of methoxy groups -OCH3 is 1. The summed E-state index contributed by atoms with van der Waals surface area (Å²) in [6.07, 6.45) is -0.293. The molecule has 0 aromatic heterocycles. The number of benzene rings is 1. The highest BCUT2D eigenvalue weighted by atomic mass is 16.5. The number of aliphatic hydroxyl groups excluding tert-OH is 1. The van der Waals surface area contributed by atoms with Crippen molar-refractivity contribution < 1.29 is 14.6 Å². The molecular weight excluding hydrogens is 194 g/mol. The van der Waals surface area contributed by atoms with E-state index in [1.807, 2.05) is 0 Å². The second-order valence-electron chi connectivity index (χ2n) is 3.17. The van der Waals surface area contributed by atoms with Gasteiger partial charge in [0.05, 0.1) is 18.8 Å². The lowest BCUT2D eigenvalue weighted by Gasteiger charge is -2.13. The third kappa shape index (κ3) is 2.78. The summed E-state index contributed by atoms with van der Waals surface area (Å²) in [4.78, 5) is 11.4. The van der Waals surface area contributed by atoms with Crippen LogP contribution in [0.2, 0.25) is 0 Å². The fourth-order valence-electron chi connectivity index (χ4n) is 1.40. The standard InChI is InChI=1S/C11H15NO3/c1-15-11(14)9-5-3-2-4-8(9)10(13)6-7-12/h2-5,10,13H,6-7,12H2,1H3. The van der Waals surface area contributed by atoms with Crippen molar-refractivity contribution in [1.29, 1.82) is 0 Å². The van der Waals surface area contributed by atoms with Gasteiger partial charge in [0.25, 0.3) is 0 Å². The lowest BCUT2D eigenvalue weighted by atomic mass is 10.0. The minimum atomic E-state index is -0.717. The van der Waals surface area contributed by atoms with E-state index in [0.717, 1.165) is 0 Å². The molecule has 0 saturated carbocycles. The van der Waals surface area contributed by atoms with E-state index in [4.69, 9.17) is 5.73 Å². The average Bonchev–Trinajstić information content (AvgIpc) is 2.28. The largest absolute Gasteiger partial charge is 0.465 e. The van der Waals surface area contributed by atoms with Crippen LogP contribution in [0.5, 0.6) is 0 Å². The van der Waals surface area contributed by atoms with Crippen LogP contribution in [0.25, 0.3) is 0 Å². The molecule has 0 aliphatic heterocycles. The smallest absolute Gasteiger partial charge is 0.338 e. The number of aliphatic hydroxyl groups is 1. The van der Waals surface area contributed by atoms with E-state index in [1.54, 1.807) is 24.3 Å². The molecule has 0 aliphatic carbocycles. The number of nitrogens with two attached hydrogens (primary N) is 1. The monoisotopic (exact) mass is 209 g/mol. The maximum Gasteiger partial charge on any atom is 0.338 e. The Morgan fingerprint density at radius 2 is 2.20 bits per heavy atom. The van der Waals surface area contributed by atoms with Gasteiger partial charge in [-0.15, -0.1) is 0 Å². The minimum absolute atomic E-state index is 0.372. The van der Waals surface area contributed by atoms with Crippen LogP contribution in [0, 0.1) is 0 Å². The molecule has 0 bridgehead atoms. The van der Waals surface area contributed by atoms with Crippen LogP contribution < -0.4 is 5.73 Å². The maximum absolute atomic E-state index is 11.4. The normalized spacial score (nSPS) is 12.2. The molecule has 0 radical (unpaired) electrons. The molecule has 0 heterocycles. The summed E-state index contributed by atoms with van der Waals surface area (Å²) in [5, 5.41) is 9.76. The third-order valence-electron chi connectivity index (χ3n) is 2.17. The predicted octanol–water partition coefficient (Wildman–Crippen LogP) is 0.855. The topological polar surface area (TPSA) is 72.5 Å². The van der Waals surface area contributed by atoms with Crippen molar-refractivity contribution in [3.8, 4) is 0 Å². The van der Waals surface area contributed by atoms with Crippen molar-refractivity contribution in [1.82, 2.24) is 0 Å². The molecule has 0 aliphatic rings. The van der Waals surface area contributed by atoms with Gasteiger partial charge in [0, 0.05) is 0 Å². The van der Waals surface area contributed by atoms with Crippen LogP contribution in [0.4, 0.5) is 0 Å². The van der Waals surface area contributed by atoms with E-state index in [0.29, 0.717) is 24.1 Å². The summed E-state index contributed by atoms with van der Waals surface area (Å²) in [5.74, 6) is -0.443. The molecule has 0 spiro atoms. The van der Waals surface area contributed by atoms with Gasteiger partial charge >= 0.3 is 5.97 Å². The summed E-state index contributed by atoms with van der Waals surface area (Å²) in [6.45, 7) is 0.372. The highest BCUT2D eigenvalue weighted by molar-refractivity contribution is 5.91. The van der Waals surface area contributed by atoms with Crippen LogP contribution in [-0.4, -0.2) is 24.7 Å². The van der Waals surface area contributed by atoms with Crippen molar-refractivity contribution in [3.05, 3.63) is 35.4 Å². The Morgan fingerprint density at radius 1 is 1.53 bits per heavy atom. The highest BCUT2D eigenvalue weighted by Crippen LogP contribution is 2.20. The van der Waals surface area contributed by atoms with Crippen LogP contribution >= 0.6 is 0 Å². The Morgan fingerprint density at radius 3 is 2.80 bits per heavy atom. The predicted molar refractivity (Wildman–Crippen MR) is 56.4 cm³/mol. The molecule has 1 aromatic carbocycles. The molecule has 1 atom stereocenters. The molecule has 1 unspecified atom stereocenters. The van der Waals surface area contributed by atoms with Gasteiger partial charge in [-0.2, -0.15) is 0 Å². The molecule has 1 rings (SSSR count). The van der Waals surface area contributed by atoms with E-state index < -0.39 is 12.1 Å². The van der Waals surface area contributed by atoms with E-state index in [9.17, 15) is 9.90 Å². The lowest BCUT2D eigenvalue weighted by Crippen LogP contribution is -2.12. The summed E-state index contributed by atoms with van der Waals surface area (Å²) in [7, 11) is 1.31. The summed E-state index contributed by atoms with van der Waals surface area (Å²) < 4.78 is 4.62. The van der Waals surface area contributed by atoms with E-state index in [1.165, 1.54) is 7.11 Å². The summed E-state index contributed by atoms with van der Waals surface area (Å²) in [5.41, 5.74) is 6.30. The van der Waals surface area contributed by atoms with Gasteiger partial charge in [-0.3, -0.25) is 0 Å². The first-order valence-corrected chi connectivity index (χ1v) is 4.76. The van der Waals surface area contributed by atoms with E-state index in [2.05, 4.69) is 4.74 Å². The number of rotatable bonds is 4. The van der Waals surface area contributed by atoms with Crippen LogP contribution in [0.15, 0.2) is 24.3 Å². The van der Waals surface area contributed by atoms with Gasteiger partial charge < -0.3 is 15.6 Å². The molecular formula is C11H15NO3. The van der Waals surface area contributed by atoms with Crippen molar-refractivity contribution in [2.75, 3.05) is 13.7 Å². The Labute approximate surface area is 88.7 Å². The minimum Gasteiger partial charge on any atom is -0.465 e. The van der Waals surface area contributed by atoms with Crippen LogP contribution in [0.3, 0.4) is 0 Å². The van der Waals surface area contributed by atoms with Crippen molar-refractivity contribution in [2.45, 2.75) is 12.5 Å². The van der Waals surface area contributed by atoms with Crippen LogP contribution in [-0.2, 0) is 4.74 Å². The maximum atomic E-state index is 11.4. The Balaban J connectivity index is 3.00. The second-order valence-corrected chi connectivity index (χ2v) is 3.17. The zero-order chi connectivity index (χ0) is 11.3. The van der Waals surface area contributed by atoms with Crippen molar-refractivity contribution >= 4 is 5.97 Å². The SMILES string of the molecule is COC(=O)c1ccccc1C(O)CCN. The molecule has 1 aromatic rings. The molecule has 15 heavy (non-hydrogen) atoms. The number of hydrogen-bond donors (Lipinski definition) is 2. The van der Waals surface area contributed by atoms with Gasteiger partial charge in [0.1, 0.15) is 0 Å². The van der Waals surface area contributed by atoms with Crippen molar-refractivity contribution in [2.24, 2.45) is 5.73 Å². The zero-order valence-electron chi connectivity index (χ0n) is 8.64. The van der Waals surface area contributed by atoms with Gasteiger partial charge in [0.2, 0.25) is 0 Å². The molecule has 3 N–H and O–H groups in total. The third-order valence-corrected chi connectivity index (χ3v) is 2.17. The first-order chi connectivity index (χ1) is 7.20. The highest BCUT2D eigenvalue weighted by Gasteiger charge is 2.16. The zero-order valence-corrected chi connectivity index (χ0v) is 8.64. The molecule has 4 heteroatoms. The molecule has 0 amide bonds. The van der Waals surface area contributed by atoms with Gasteiger partial charge in [-0.1, -0.05) is 18.2 Å². The average molecular weight is 209 g/mol. The van der Waals surface area contributed by atoms with Gasteiger partial charge in [0.15, 0.2) is 0 Å². The van der Waals surface area contributed by atoms with Crippen LogP contribution in [0.1, 0.15) is 28.4 Å².